The highest BCUT2D eigenvalue weighted by Gasteiger charge is 2.11. The molecule has 0 aliphatic rings. The van der Waals surface area contributed by atoms with E-state index in [0.717, 1.165) is 0 Å². The topological polar surface area (TPSA) is 12.0 Å². The predicted molar refractivity (Wildman–Crippen MR) is 83.5 cm³/mol. The van der Waals surface area contributed by atoms with E-state index in [1.54, 1.807) is 0 Å². The Morgan fingerprint density at radius 2 is 1.72 bits per heavy atom. The number of aryl methyl sites for hydroxylation is 1. The van der Waals surface area contributed by atoms with Gasteiger partial charge in [-0.2, -0.15) is 11.3 Å². The molecule has 0 aliphatic heterocycles. The van der Waals surface area contributed by atoms with Crippen molar-refractivity contribution in [1.29, 1.82) is 0 Å². The van der Waals surface area contributed by atoms with Crippen molar-refractivity contribution in [3.8, 4) is 0 Å². The summed E-state index contributed by atoms with van der Waals surface area (Å²) in [6, 6.07) is 0.562. The van der Waals surface area contributed by atoms with Crippen LogP contribution in [0.2, 0.25) is 0 Å². The lowest BCUT2D eigenvalue weighted by atomic mass is 9.99. The van der Waals surface area contributed by atoms with Crippen molar-refractivity contribution >= 4 is 11.3 Å². The SMILES string of the molecule is CCCCCCCCCC(NC)c1cscc1C. The van der Waals surface area contributed by atoms with Gasteiger partial charge in [-0.25, -0.2) is 0 Å². The molecule has 1 rings (SSSR count). The van der Waals surface area contributed by atoms with Gasteiger partial charge in [0.05, 0.1) is 0 Å². The molecule has 1 unspecified atom stereocenters. The minimum atomic E-state index is 0.562. The molecule has 0 aromatic carbocycles. The molecule has 1 atom stereocenters. The van der Waals surface area contributed by atoms with Crippen LogP contribution in [-0.4, -0.2) is 7.05 Å². The fourth-order valence-electron chi connectivity index (χ4n) is 2.49. The summed E-state index contributed by atoms with van der Waals surface area (Å²) >= 11 is 1.82. The normalized spacial score (nSPS) is 12.8. The standard InChI is InChI=1S/C16H29NS/c1-4-5-6-7-8-9-10-11-16(17-3)15-13-18-12-14(15)2/h12-13,16-17H,4-11H2,1-3H3. The number of thiophene rings is 1. The van der Waals surface area contributed by atoms with Gasteiger partial charge in [-0.1, -0.05) is 51.9 Å². The lowest BCUT2D eigenvalue weighted by Crippen LogP contribution is -2.16. The summed E-state index contributed by atoms with van der Waals surface area (Å²) in [6.45, 7) is 4.50. The Balaban J connectivity index is 2.15. The summed E-state index contributed by atoms with van der Waals surface area (Å²) in [5, 5.41) is 8.02. The van der Waals surface area contributed by atoms with Crippen molar-refractivity contribution in [2.45, 2.75) is 71.3 Å². The first kappa shape index (κ1) is 15.7. The van der Waals surface area contributed by atoms with E-state index in [-0.39, 0.29) is 0 Å². The minimum Gasteiger partial charge on any atom is -0.313 e. The van der Waals surface area contributed by atoms with Crippen LogP contribution in [0.5, 0.6) is 0 Å². The van der Waals surface area contributed by atoms with Crippen molar-refractivity contribution in [1.82, 2.24) is 5.32 Å². The smallest absolute Gasteiger partial charge is 0.0328 e. The summed E-state index contributed by atoms with van der Waals surface area (Å²) in [5.74, 6) is 0. The Bertz CT molecular complexity index is 306. The zero-order chi connectivity index (χ0) is 13.2. The van der Waals surface area contributed by atoms with Gasteiger partial charge < -0.3 is 5.32 Å². The number of unbranched alkanes of at least 4 members (excludes halogenated alkanes) is 6. The molecule has 1 nitrogen and oxygen atoms in total. The summed E-state index contributed by atoms with van der Waals surface area (Å²) in [4.78, 5) is 0. The summed E-state index contributed by atoms with van der Waals surface area (Å²) < 4.78 is 0. The molecule has 0 amide bonds. The van der Waals surface area contributed by atoms with Crippen LogP contribution in [0.15, 0.2) is 10.8 Å². The highest BCUT2D eigenvalue weighted by atomic mass is 32.1. The van der Waals surface area contributed by atoms with Crippen LogP contribution in [0.25, 0.3) is 0 Å². The van der Waals surface area contributed by atoms with Crippen molar-refractivity contribution in [3.05, 3.63) is 21.9 Å². The zero-order valence-corrected chi connectivity index (χ0v) is 13.1. The van der Waals surface area contributed by atoms with Gasteiger partial charge in [-0.15, -0.1) is 0 Å². The quantitative estimate of drug-likeness (QED) is 0.555. The molecule has 1 aromatic heterocycles. The van der Waals surface area contributed by atoms with Gasteiger partial charge in [-0.3, -0.25) is 0 Å². The minimum absolute atomic E-state index is 0.562. The van der Waals surface area contributed by atoms with Gasteiger partial charge in [0.2, 0.25) is 0 Å². The third-order valence-electron chi connectivity index (χ3n) is 3.72. The van der Waals surface area contributed by atoms with E-state index < -0.39 is 0 Å². The number of rotatable bonds is 10. The predicted octanol–water partition coefficient (Wildman–Crippen LogP) is 5.46. The third-order valence-corrected chi connectivity index (χ3v) is 4.60. The Morgan fingerprint density at radius 1 is 1.06 bits per heavy atom. The molecule has 18 heavy (non-hydrogen) atoms. The monoisotopic (exact) mass is 267 g/mol. The Hall–Kier alpha value is -0.340. The molecule has 1 aromatic rings. The molecule has 2 heteroatoms. The number of nitrogens with one attached hydrogen (secondary N) is 1. The highest BCUT2D eigenvalue weighted by Crippen LogP contribution is 2.25. The van der Waals surface area contributed by atoms with Crippen molar-refractivity contribution in [2.24, 2.45) is 0 Å². The van der Waals surface area contributed by atoms with E-state index in [4.69, 9.17) is 0 Å². The fourth-order valence-corrected chi connectivity index (χ4v) is 3.39. The maximum absolute atomic E-state index is 3.46. The van der Waals surface area contributed by atoms with Gasteiger partial charge in [-0.05, 0) is 42.3 Å². The molecule has 0 saturated carbocycles. The molecular weight excluding hydrogens is 238 g/mol. The highest BCUT2D eigenvalue weighted by molar-refractivity contribution is 7.08. The number of hydrogen-bond acceptors (Lipinski definition) is 2. The second-order valence-corrected chi connectivity index (χ2v) is 6.00. The number of hydrogen-bond donors (Lipinski definition) is 1. The van der Waals surface area contributed by atoms with Crippen LogP contribution in [0.1, 0.15) is 75.5 Å². The van der Waals surface area contributed by atoms with Crippen LogP contribution in [0.3, 0.4) is 0 Å². The second-order valence-electron chi connectivity index (χ2n) is 5.26. The lowest BCUT2D eigenvalue weighted by Gasteiger charge is -2.16. The van der Waals surface area contributed by atoms with Gasteiger partial charge >= 0.3 is 0 Å². The first-order valence-electron chi connectivity index (χ1n) is 7.49. The van der Waals surface area contributed by atoms with Gasteiger partial charge in [0.15, 0.2) is 0 Å². The average Bonchev–Trinajstić information content (AvgIpc) is 2.79. The zero-order valence-electron chi connectivity index (χ0n) is 12.3. The molecule has 0 spiro atoms. The van der Waals surface area contributed by atoms with Crippen molar-refractivity contribution < 1.29 is 0 Å². The molecule has 104 valence electrons. The van der Waals surface area contributed by atoms with E-state index in [1.165, 1.54) is 62.5 Å². The Morgan fingerprint density at radius 3 is 2.28 bits per heavy atom. The average molecular weight is 267 g/mol. The van der Waals surface area contributed by atoms with Crippen LogP contribution >= 0.6 is 11.3 Å². The largest absolute Gasteiger partial charge is 0.313 e. The maximum Gasteiger partial charge on any atom is 0.0328 e. The Labute approximate surface area is 117 Å². The Kier molecular flexibility index (Phi) is 8.36. The maximum atomic E-state index is 3.46. The van der Waals surface area contributed by atoms with Gasteiger partial charge in [0.25, 0.3) is 0 Å². The van der Waals surface area contributed by atoms with E-state index >= 15 is 0 Å². The lowest BCUT2D eigenvalue weighted by molar-refractivity contribution is 0.495. The molecule has 0 radical (unpaired) electrons. The van der Waals surface area contributed by atoms with Crippen molar-refractivity contribution in [2.75, 3.05) is 7.05 Å². The molecule has 1 N–H and O–H groups in total. The van der Waals surface area contributed by atoms with Crippen LogP contribution in [-0.2, 0) is 0 Å². The van der Waals surface area contributed by atoms with Crippen molar-refractivity contribution in [3.63, 3.8) is 0 Å². The van der Waals surface area contributed by atoms with E-state index in [9.17, 15) is 0 Å². The van der Waals surface area contributed by atoms with Crippen LogP contribution in [0.4, 0.5) is 0 Å². The first-order chi connectivity index (χ1) is 8.79. The van der Waals surface area contributed by atoms with Crippen LogP contribution in [0, 0.1) is 6.92 Å². The fraction of sp³-hybridized carbons (Fsp3) is 0.750. The molecule has 0 aliphatic carbocycles. The van der Waals surface area contributed by atoms with Gasteiger partial charge in [0, 0.05) is 6.04 Å². The van der Waals surface area contributed by atoms with E-state index in [0.29, 0.717) is 6.04 Å². The molecule has 0 fully saturated rings. The van der Waals surface area contributed by atoms with E-state index in [1.807, 2.05) is 11.3 Å². The molecule has 0 bridgehead atoms. The summed E-state index contributed by atoms with van der Waals surface area (Å²) in [7, 11) is 2.09. The van der Waals surface area contributed by atoms with Crippen LogP contribution < -0.4 is 5.32 Å². The summed E-state index contributed by atoms with van der Waals surface area (Å²) in [5.41, 5.74) is 2.95. The summed E-state index contributed by atoms with van der Waals surface area (Å²) in [6.07, 6.45) is 11.1. The first-order valence-corrected chi connectivity index (χ1v) is 8.43. The molecule has 0 saturated heterocycles. The van der Waals surface area contributed by atoms with E-state index in [2.05, 4.69) is 37.0 Å². The van der Waals surface area contributed by atoms with Gasteiger partial charge in [0.1, 0.15) is 0 Å². The second kappa shape index (κ2) is 9.57. The third kappa shape index (κ3) is 5.53. The molecule has 1 heterocycles. The molecular formula is C16H29NS.